The molecule has 276 valence electrons. The van der Waals surface area contributed by atoms with Crippen molar-refractivity contribution in [1.29, 1.82) is 0 Å². The van der Waals surface area contributed by atoms with Crippen LogP contribution in [0.5, 0.6) is 5.75 Å². The van der Waals surface area contributed by atoms with Gasteiger partial charge in [0, 0.05) is 63.1 Å². The maximum absolute atomic E-state index is 14.1. The summed E-state index contributed by atoms with van der Waals surface area (Å²) in [6.45, 7) is 8.05. The number of hydrogen-bond donors (Lipinski definition) is 0. The van der Waals surface area contributed by atoms with Crippen molar-refractivity contribution in [3.8, 4) is 5.75 Å². The summed E-state index contributed by atoms with van der Waals surface area (Å²) in [4.78, 5) is 60.6. The van der Waals surface area contributed by atoms with Crippen molar-refractivity contribution in [2.45, 2.75) is 77.4 Å². The van der Waals surface area contributed by atoms with Gasteiger partial charge in [-0.1, -0.05) is 30.2 Å². The van der Waals surface area contributed by atoms with Crippen LogP contribution < -0.4 is 4.74 Å². The molecule has 0 bridgehead atoms. The molecule has 1 atom stereocenters. The fourth-order valence-electron chi connectivity index (χ4n) is 6.92. The van der Waals surface area contributed by atoms with Gasteiger partial charge in [0.05, 0.1) is 12.2 Å². The average molecular weight is 723 g/mol. The zero-order chi connectivity index (χ0) is 36.9. The van der Waals surface area contributed by atoms with E-state index in [1.54, 1.807) is 78.3 Å². The number of benzene rings is 2. The Bertz CT molecular complexity index is 1730. The van der Waals surface area contributed by atoms with Crippen LogP contribution in [0.3, 0.4) is 0 Å². The zero-order valence-electron chi connectivity index (χ0n) is 30.7. The second-order valence-electron chi connectivity index (χ2n) is 15.1. The highest BCUT2D eigenvalue weighted by Gasteiger charge is 2.39. The number of carbonyl (C=O) groups excluding carboxylic acids is 4. The number of likely N-dealkylation sites (tertiary alicyclic amines) is 1. The first kappa shape index (κ1) is 38.0. The Kier molecular flexibility index (Phi) is 11.9. The molecule has 1 fully saturated rings. The number of rotatable bonds is 5. The summed E-state index contributed by atoms with van der Waals surface area (Å²) < 4.78 is 17.9. The van der Waals surface area contributed by atoms with Gasteiger partial charge in [-0.3, -0.25) is 14.4 Å². The normalized spacial score (nSPS) is 19.0. The number of hydrogen-bond acceptors (Lipinski definition) is 7. The lowest BCUT2D eigenvalue weighted by Crippen LogP contribution is -2.49. The second-order valence-corrected chi connectivity index (χ2v) is 15.5. The fourth-order valence-corrected chi connectivity index (χ4v) is 7.10. The highest BCUT2D eigenvalue weighted by atomic mass is 35.5. The van der Waals surface area contributed by atoms with E-state index in [1.165, 1.54) is 4.90 Å². The first-order valence-electron chi connectivity index (χ1n) is 17.8. The topological polar surface area (TPSA) is 113 Å². The summed E-state index contributed by atoms with van der Waals surface area (Å²) in [6, 6.07) is 13.3. The van der Waals surface area contributed by atoms with Crippen LogP contribution in [0.4, 0.5) is 4.79 Å². The smallest absolute Gasteiger partial charge is 0.410 e. The van der Waals surface area contributed by atoms with Crippen LogP contribution in [0.25, 0.3) is 11.0 Å². The Morgan fingerprint density at radius 1 is 1.00 bits per heavy atom. The van der Waals surface area contributed by atoms with E-state index in [-0.39, 0.29) is 35.0 Å². The van der Waals surface area contributed by atoms with Gasteiger partial charge < -0.3 is 33.5 Å². The van der Waals surface area contributed by atoms with Gasteiger partial charge >= 0.3 is 6.09 Å². The van der Waals surface area contributed by atoms with Crippen molar-refractivity contribution in [2.24, 2.45) is 5.41 Å². The van der Waals surface area contributed by atoms with Crippen molar-refractivity contribution in [1.82, 2.24) is 19.6 Å². The lowest BCUT2D eigenvalue weighted by Gasteiger charge is -2.42. The van der Waals surface area contributed by atoms with Crippen molar-refractivity contribution >= 4 is 46.4 Å². The van der Waals surface area contributed by atoms with Gasteiger partial charge in [-0.25, -0.2) is 4.79 Å². The van der Waals surface area contributed by atoms with Gasteiger partial charge in [0.1, 0.15) is 23.0 Å². The summed E-state index contributed by atoms with van der Waals surface area (Å²) in [6.07, 6.45) is 4.59. The van der Waals surface area contributed by atoms with Crippen LogP contribution in [0, 0.1) is 5.41 Å². The van der Waals surface area contributed by atoms with Crippen LogP contribution >= 0.6 is 11.6 Å². The third kappa shape index (κ3) is 9.36. The molecule has 4 amide bonds. The Morgan fingerprint density at radius 3 is 2.45 bits per heavy atom. The van der Waals surface area contributed by atoms with Crippen molar-refractivity contribution < 1.29 is 33.1 Å². The maximum Gasteiger partial charge on any atom is 0.410 e. The molecule has 2 aromatic carbocycles. The molecule has 0 radical (unpaired) electrons. The van der Waals surface area contributed by atoms with Crippen LogP contribution in [0.1, 0.15) is 86.6 Å². The molecule has 1 spiro atoms. The third-order valence-corrected chi connectivity index (χ3v) is 10.3. The van der Waals surface area contributed by atoms with Gasteiger partial charge in [0.15, 0.2) is 5.76 Å². The van der Waals surface area contributed by atoms with E-state index in [0.29, 0.717) is 67.5 Å². The second kappa shape index (κ2) is 16.0. The maximum atomic E-state index is 14.1. The monoisotopic (exact) mass is 722 g/mol. The van der Waals surface area contributed by atoms with Gasteiger partial charge in [0.2, 0.25) is 5.91 Å². The summed E-state index contributed by atoms with van der Waals surface area (Å²) in [5.74, 6) is -0.0563. The van der Waals surface area contributed by atoms with Crippen molar-refractivity contribution in [3.63, 3.8) is 0 Å². The SMILES string of the molecule is CN(CCC[C@H]1C(=O)N(C)CCCCC2(CCN(C(=O)OC(C)(C)C)CC2)COc2ccccc2C(=O)N1C)C(=O)c1cc2cc(Cl)ccc2o1. The molecule has 2 aliphatic heterocycles. The Hall–Kier alpha value is -4.25. The number of ether oxygens (including phenoxy) is 2. The van der Waals surface area contributed by atoms with E-state index in [1.807, 2.05) is 26.8 Å². The number of amides is 4. The van der Waals surface area contributed by atoms with E-state index in [0.717, 1.165) is 37.5 Å². The van der Waals surface area contributed by atoms with Crippen LogP contribution in [-0.2, 0) is 9.53 Å². The highest BCUT2D eigenvalue weighted by Crippen LogP contribution is 2.38. The van der Waals surface area contributed by atoms with Gasteiger partial charge in [-0.2, -0.15) is 0 Å². The molecule has 0 N–H and O–H groups in total. The standard InChI is InChI=1S/C39H51ClN4O7/c1-38(2,3)51-37(48)44-22-18-39(19-23-44)17-9-10-20-41(4)35(46)30(43(6)34(45)29-12-7-8-14-32(29)49-26-39)13-11-21-42(5)36(47)33-25-27-24-28(40)15-16-31(27)50-33/h7-8,12,14-16,24-25,30H,9-11,13,17-23,26H2,1-6H3/t30-/m0/s1. The Balaban J connectivity index is 1.28. The Labute approximate surface area is 305 Å². The number of halogens is 1. The van der Waals surface area contributed by atoms with Crippen molar-refractivity contribution in [3.05, 3.63) is 64.9 Å². The van der Waals surface area contributed by atoms with Crippen molar-refractivity contribution in [2.75, 3.05) is 53.9 Å². The largest absolute Gasteiger partial charge is 0.492 e. The highest BCUT2D eigenvalue weighted by molar-refractivity contribution is 6.31. The molecule has 0 saturated carbocycles. The number of carbonyl (C=O) groups is 4. The molecule has 11 nitrogen and oxygen atoms in total. The van der Waals surface area contributed by atoms with Crippen LogP contribution in [-0.4, -0.2) is 109 Å². The van der Waals surface area contributed by atoms with Gasteiger partial charge in [0.25, 0.3) is 11.8 Å². The Morgan fingerprint density at radius 2 is 1.73 bits per heavy atom. The lowest BCUT2D eigenvalue weighted by atomic mass is 9.75. The van der Waals surface area contributed by atoms with E-state index in [4.69, 9.17) is 25.5 Å². The van der Waals surface area contributed by atoms with Crippen LogP contribution in [0.15, 0.2) is 52.9 Å². The first-order chi connectivity index (χ1) is 24.2. The van der Waals surface area contributed by atoms with Gasteiger partial charge in [-0.05, 0) is 95.7 Å². The first-order valence-corrected chi connectivity index (χ1v) is 18.2. The predicted molar refractivity (Wildman–Crippen MR) is 196 cm³/mol. The molecule has 51 heavy (non-hydrogen) atoms. The molecule has 0 aliphatic carbocycles. The summed E-state index contributed by atoms with van der Waals surface area (Å²) in [5, 5.41) is 1.30. The predicted octanol–water partition coefficient (Wildman–Crippen LogP) is 7.12. The van der Waals surface area contributed by atoms with E-state index in [2.05, 4.69) is 0 Å². The number of likely N-dealkylation sites (N-methyl/N-ethyl adjacent to an activating group) is 2. The fraction of sp³-hybridized carbons (Fsp3) is 0.538. The molecule has 1 aromatic heterocycles. The van der Waals surface area contributed by atoms with Gasteiger partial charge in [-0.15, -0.1) is 0 Å². The van der Waals surface area contributed by atoms with Crippen LogP contribution in [0.2, 0.25) is 5.02 Å². The molecule has 3 heterocycles. The number of furan rings is 1. The van der Waals surface area contributed by atoms with E-state index >= 15 is 0 Å². The number of para-hydroxylation sites is 1. The molecule has 5 rings (SSSR count). The minimum absolute atomic E-state index is 0.148. The molecular formula is C39H51ClN4O7. The zero-order valence-corrected chi connectivity index (χ0v) is 31.5. The molecule has 1 saturated heterocycles. The third-order valence-electron chi connectivity index (χ3n) is 10.0. The number of nitrogens with zero attached hydrogens (tertiary/aromatic N) is 4. The summed E-state index contributed by atoms with van der Waals surface area (Å²) >= 11 is 6.10. The summed E-state index contributed by atoms with van der Waals surface area (Å²) in [7, 11) is 5.14. The summed E-state index contributed by atoms with van der Waals surface area (Å²) in [5.41, 5.74) is 0.214. The minimum atomic E-state index is -0.737. The van der Waals surface area contributed by atoms with E-state index < -0.39 is 11.6 Å². The number of piperidine rings is 1. The average Bonchev–Trinajstić information content (AvgIpc) is 3.52. The molecule has 2 aliphatic rings. The molecule has 3 aromatic rings. The number of fused-ring (bicyclic) bond motifs is 2. The minimum Gasteiger partial charge on any atom is -0.492 e. The molecule has 0 unspecified atom stereocenters. The quantitative estimate of drug-likeness (QED) is 0.276. The lowest BCUT2D eigenvalue weighted by molar-refractivity contribution is -0.134. The molecular weight excluding hydrogens is 672 g/mol. The molecule has 12 heteroatoms. The van der Waals surface area contributed by atoms with E-state index in [9.17, 15) is 19.2 Å².